The zero-order valence-electron chi connectivity index (χ0n) is 8.57. The molecule has 0 aliphatic heterocycles. The van der Waals surface area contributed by atoms with E-state index in [9.17, 15) is 4.79 Å². The summed E-state index contributed by atoms with van der Waals surface area (Å²) in [6.07, 6.45) is 0.392. The molecule has 0 saturated carbocycles. The van der Waals surface area contributed by atoms with Crippen LogP contribution in [0.5, 0.6) is 5.75 Å². The van der Waals surface area contributed by atoms with Gasteiger partial charge < -0.3 is 4.74 Å². The van der Waals surface area contributed by atoms with Crippen molar-refractivity contribution in [3.63, 3.8) is 0 Å². The summed E-state index contributed by atoms with van der Waals surface area (Å²) in [5.41, 5.74) is 0. The maximum absolute atomic E-state index is 11.2. The van der Waals surface area contributed by atoms with E-state index in [4.69, 9.17) is 4.74 Å². The van der Waals surface area contributed by atoms with Gasteiger partial charge in [-0.15, -0.1) is 0 Å². The fourth-order valence-electron chi connectivity index (χ4n) is 1.48. The molecule has 0 radical (unpaired) electrons. The van der Waals surface area contributed by atoms with Gasteiger partial charge in [-0.2, -0.15) is 0 Å². The first-order valence-corrected chi connectivity index (χ1v) is 4.99. The van der Waals surface area contributed by atoms with E-state index in [1.165, 1.54) is 0 Å². The van der Waals surface area contributed by atoms with Crippen LogP contribution in [0.3, 0.4) is 0 Å². The molecule has 0 heterocycles. The van der Waals surface area contributed by atoms with Crippen LogP contribution in [0.4, 0.5) is 0 Å². The van der Waals surface area contributed by atoms with Crippen LogP contribution in [0.15, 0.2) is 42.5 Å². The number of carbonyl (C=O) groups excluding carboxylic acids is 1. The Balaban J connectivity index is 0.00000128. The van der Waals surface area contributed by atoms with Crippen molar-refractivity contribution in [1.82, 2.24) is 0 Å². The van der Waals surface area contributed by atoms with Gasteiger partial charge >= 0.3 is 35.5 Å². The Labute approximate surface area is 117 Å². The fraction of sp³-hybridized carbons (Fsp3) is 0.154. The third kappa shape index (κ3) is 2.85. The topological polar surface area (TPSA) is 26.3 Å². The van der Waals surface area contributed by atoms with E-state index in [0.29, 0.717) is 12.2 Å². The summed E-state index contributed by atoms with van der Waals surface area (Å²) < 4.78 is 5.24. The van der Waals surface area contributed by atoms with Gasteiger partial charge in [-0.05, 0) is 11.5 Å². The first-order chi connectivity index (χ1) is 7.31. The van der Waals surface area contributed by atoms with Gasteiger partial charge in [0, 0.05) is 11.8 Å². The summed E-state index contributed by atoms with van der Waals surface area (Å²) in [6.45, 7) is 1.79. The Bertz CT molecular complexity index is 489. The summed E-state index contributed by atoms with van der Waals surface area (Å²) in [4.78, 5) is 11.2. The van der Waals surface area contributed by atoms with Crippen LogP contribution in [0.1, 0.15) is 13.3 Å². The number of ether oxygens (including phenoxy) is 1. The van der Waals surface area contributed by atoms with Crippen LogP contribution in [-0.4, -0.2) is 35.5 Å². The van der Waals surface area contributed by atoms with Crippen molar-refractivity contribution in [1.29, 1.82) is 0 Å². The molecule has 2 aromatic carbocycles. The average molecular weight is 224 g/mol. The molecule has 0 atom stereocenters. The predicted molar refractivity (Wildman–Crippen MR) is 67.0 cm³/mol. The normalized spacial score (nSPS) is 9.56. The summed E-state index contributed by atoms with van der Waals surface area (Å²) >= 11 is 0. The van der Waals surface area contributed by atoms with Crippen molar-refractivity contribution in [3.05, 3.63) is 42.5 Å². The molecule has 2 rings (SSSR count). The molecule has 0 N–H and O–H groups in total. The molecule has 2 aromatic rings. The molecule has 0 aromatic heterocycles. The number of hydrogen-bond acceptors (Lipinski definition) is 2. The monoisotopic (exact) mass is 224 g/mol. The van der Waals surface area contributed by atoms with Crippen molar-refractivity contribution >= 4 is 46.3 Å². The molecule has 16 heavy (non-hydrogen) atoms. The van der Waals surface area contributed by atoms with E-state index in [1.54, 1.807) is 6.92 Å². The molecule has 2 nitrogen and oxygen atoms in total. The molecule has 0 amide bonds. The minimum absolute atomic E-state index is 0. The number of benzene rings is 2. The van der Waals surface area contributed by atoms with Gasteiger partial charge in [0.1, 0.15) is 5.75 Å². The van der Waals surface area contributed by atoms with E-state index in [0.717, 1.165) is 10.8 Å². The van der Waals surface area contributed by atoms with E-state index >= 15 is 0 Å². The number of rotatable bonds is 2. The fourth-order valence-corrected chi connectivity index (χ4v) is 1.48. The van der Waals surface area contributed by atoms with Crippen LogP contribution in [0.2, 0.25) is 0 Å². The molecular formula is C13H13NaO2. The van der Waals surface area contributed by atoms with Gasteiger partial charge in [-0.25, -0.2) is 0 Å². The third-order valence-corrected chi connectivity index (χ3v) is 2.26. The molecule has 78 valence electrons. The van der Waals surface area contributed by atoms with Crippen LogP contribution in [-0.2, 0) is 4.79 Å². The Morgan fingerprint density at radius 1 is 1.12 bits per heavy atom. The zero-order chi connectivity index (χ0) is 10.7. The Kier molecular flexibility index (Phi) is 5.00. The van der Waals surface area contributed by atoms with E-state index in [1.807, 2.05) is 42.5 Å². The Morgan fingerprint density at radius 3 is 2.56 bits per heavy atom. The number of fused-ring (bicyclic) bond motifs is 1. The molecule has 3 heteroatoms. The van der Waals surface area contributed by atoms with Crippen LogP contribution in [0, 0.1) is 0 Å². The number of esters is 1. The molecule has 0 aliphatic carbocycles. The third-order valence-electron chi connectivity index (χ3n) is 2.26. The Hall–Kier alpha value is -0.830. The molecule has 0 saturated heterocycles. The predicted octanol–water partition coefficient (Wildman–Crippen LogP) is 2.51. The summed E-state index contributed by atoms with van der Waals surface area (Å²) in [5.74, 6) is 0.436. The molecular weight excluding hydrogens is 211 g/mol. The van der Waals surface area contributed by atoms with Crippen LogP contribution >= 0.6 is 0 Å². The van der Waals surface area contributed by atoms with Gasteiger partial charge in [-0.3, -0.25) is 4.79 Å². The standard InChI is InChI=1S/C13H12O2.Na.H/c1-2-13(14)15-12-9-5-7-10-6-3-4-8-11(10)12;;/h3-9H,2H2,1H3;;. The number of hydrogen-bond donors (Lipinski definition) is 0. The summed E-state index contributed by atoms with van der Waals surface area (Å²) in [5, 5.41) is 2.06. The van der Waals surface area contributed by atoms with Gasteiger partial charge in [0.2, 0.25) is 0 Å². The van der Waals surface area contributed by atoms with Gasteiger partial charge in [0.25, 0.3) is 0 Å². The first-order valence-electron chi connectivity index (χ1n) is 4.99. The van der Waals surface area contributed by atoms with Crippen molar-refractivity contribution in [2.45, 2.75) is 13.3 Å². The van der Waals surface area contributed by atoms with Crippen LogP contribution in [0.25, 0.3) is 10.8 Å². The Morgan fingerprint density at radius 2 is 1.81 bits per heavy atom. The maximum atomic E-state index is 11.2. The van der Waals surface area contributed by atoms with E-state index < -0.39 is 0 Å². The molecule has 0 fully saturated rings. The average Bonchev–Trinajstić information content (AvgIpc) is 2.29. The van der Waals surface area contributed by atoms with Crippen molar-refractivity contribution in [2.24, 2.45) is 0 Å². The SMILES string of the molecule is CCC(=O)Oc1cccc2ccccc12.[NaH]. The molecule has 0 unspecified atom stereocenters. The quantitative estimate of drug-likeness (QED) is 0.445. The molecule has 0 bridgehead atoms. The van der Waals surface area contributed by atoms with Gasteiger partial charge in [0.15, 0.2) is 0 Å². The van der Waals surface area contributed by atoms with Crippen molar-refractivity contribution < 1.29 is 9.53 Å². The molecule has 0 spiro atoms. The zero-order valence-corrected chi connectivity index (χ0v) is 8.57. The van der Waals surface area contributed by atoms with Gasteiger partial charge in [-0.1, -0.05) is 43.3 Å². The second kappa shape index (κ2) is 6.04. The molecule has 0 aliphatic rings. The summed E-state index contributed by atoms with van der Waals surface area (Å²) in [7, 11) is 0. The first kappa shape index (κ1) is 13.2. The van der Waals surface area contributed by atoms with E-state index in [-0.39, 0.29) is 35.5 Å². The van der Waals surface area contributed by atoms with E-state index in [2.05, 4.69) is 0 Å². The number of carbonyl (C=O) groups is 1. The second-order valence-corrected chi connectivity index (χ2v) is 3.30. The minimum atomic E-state index is -0.202. The van der Waals surface area contributed by atoms with Crippen LogP contribution < -0.4 is 4.74 Å². The van der Waals surface area contributed by atoms with Crippen molar-refractivity contribution in [3.8, 4) is 5.75 Å². The van der Waals surface area contributed by atoms with Gasteiger partial charge in [0.05, 0.1) is 0 Å². The summed E-state index contributed by atoms with van der Waals surface area (Å²) in [6, 6.07) is 13.6. The van der Waals surface area contributed by atoms with Crippen molar-refractivity contribution in [2.75, 3.05) is 0 Å². The second-order valence-electron chi connectivity index (χ2n) is 3.30.